The first kappa shape index (κ1) is 12.9. The number of rotatable bonds is 3. The summed E-state index contributed by atoms with van der Waals surface area (Å²) in [5.41, 5.74) is 0.253. The quantitative estimate of drug-likeness (QED) is 0.889. The Balaban J connectivity index is 2.11. The van der Waals surface area contributed by atoms with Crippen LogP contribution >= 0.6 is 0 Å². The van der Waals surface area contributed by atoms with Crippen LogP contribution in [0.1, 0.15) is 43.5 Å². The molecule has 2 unspecified atom stereocenters. The van der Waals surface area contributed by atoms with Crippen LogP contribution in [0.2, 0.25) is 0 Å². The predicted molar refractivity (Wildman–Crippen MR) is 70.0 cm³/mol. The minimum atomic E-state index is -0.928. The van der Waals surface area contributed by atoms with Crippen LogP contribution in [0.25, 0.3) is 0 Å². The fourth-order valence-corrected chi connectivity index (χ4v) is 2.90. The molecule has 1 N–H and O–H groups in total. The maximum atomic E-state index is 11.1. The van der Waals surface area contributed by atoms with Gasteiger partial charge in [0.25, 0.3) is 0 Å². The van der Waals surface area contributed by atoms with E-state index in [0.29, 0.717) is 17.6 Å². The summed E-state index contributed by atoms with van der Waals surface area (Å²) in [6, 6.07) is 6.88. The number of ether oxygens (including phenoxy) is 1. The molecule has 2 rings (SSSR count). The van der Waals surface area contributed by atoms with Gasteiger partial charge in [0, 0.05) is 0 Å². The largest absolute Gasteiger partial charge is 0.490 e. The van der Waals surface area contributed by atoms with Crippen LogP contribution < -0.4 is 4.74 Å². The third-order valence-corrected chi connectivity index (χ3v) is 3.55. The van der Waals surface area contributed by atoms with Gasteiger partial charge in [0.1, 0.15) is 11.3 Å². The van der Waals surface area contributed by atoms with Crippen molar-refractivity contribution in [3.63, 3.8) is 0 Å². The van der Waals surface area contributed by atoms with Crippen LogP contribution in [0.3, 0.4) is 0 Å². The van der Waals surface area contributed by atoms with Crippen LogP contribution in [0.5, 0.6) is 5.75 Å². The van der Waals surface area contributed by atoms with E-state index in [1.165, 1.54) is 6.42 Å². The smallest absolute Gasteiger partial charge is 0.339 e. The molecule has 0 saturated heterocycles. The van der Waals surface area contributed by atoms with E-state index in [1.807, 2.05) is 6.07 Å². The van der Waals surface area contributed by atoms with E-state index in [0.717, 1.165) is 12.8 Å². The van der Waals surface area contributed by atoms with Crippen molar-refractivity contribution in [3.8, 4) is 5.75 Å². The van der Waals surface area contributed by atoms with Gasteiger partial charge in [-0.1, -0.05) is 26.0 Å². The molecular weight excluding hydrogens is 228 g/mol. The van der Waals surface area contributed by atoms with E-state index in [4.69, 9.17) is 9.84 Å². The lowest BCUT2D eigenvalue weighted by Crippen LogP contribution is -2.29. The van der Waals surface area contributed by atoms with Gasteiger partial charge in [0.15, 0.2) is 0 Å². The number of carbonyl (C=O) groups is 1. The fourth-order valence-electron chi connectivity index (χ4n) is 2.90. The van der Waals surface area contributed by atoms with E-state index in [2.05, 4.69) is 13.8 Å². The Hall–Kier alpha value is -1.51. The molecule has 18 heavy (non-hydrogen) atoms. The monoisotopic (exact) mass is 248 g/mol. The minimum Gasteiger partial charge on any atom is -0.490 e. The average molecular weight is 248 g/mol. The Morgan fingerprint density at radius 1 is 1.17 bits per heavy atom. The zero-order valence-electron chi connectivity index (χ0n) is 10.9. The first-order chi connectivity index (χ1) is 8.56. The highest BCUT2D eigenvalue weighted by Gasteiger charge is 2.26. The van der Waals surface area contributed by atoms with Gasteiger partial charge < -0.3 is 9.84 Å². The Labute approximate surface area is 108 Å². The number of benzene rings is 1. The zero-order valence-corrected chi connectivity index (χ0v) is 10.9. The minimum absolute atomic E-state index is 0.143. The molecule has 1 aliphatic rings. The van der Waals surface area contributed by atoms with Gasteiger partial charge in [0.2, 0.25) is 0 Å². The molecule has 0 aromatic heterocycles. The van der Waals surface area contributed by atoms with E-state index in [9.17, 15) is 4.79 Å². The van der Waals surface area contributed by atoms with Gasteiger partial charge in [-0.3, -0.25) is 0 Å². The fraction of sp³-hybridized carbons (Fsp3) is 0.533. The molecule has 3 nitrogen and oxygen atoms in total. The highest BCUT2D eigenvalue weighted by molar-refractivity contribution is 5.90. The predicted octanol–water partition coefficient (Wildman–Crippen LogP) is 3.59. The summed E-state index contributed by atoms with van der Waals surface area (Å²) < 4.78 is 5.91. The van der Waals surface area contributed by atoms with Crippen molar-refractivity contribution in [2.75, 3.05) is 0 Å². The van der Waals surface area contributed by atoms with E-state index < -0.39 is 5.97 Å². The molecule has 1 aliphatic carbocycles. The lowest BCUT2D eigenvalue weighted by molar-refractivity contribution is 0.0676. The summed E-state index contributed by atoms with van der Waals surface area (Å²) >= 11 is 0. The molecule has 2 atom stereocenters. The van der Waals surface area contributed by atoms with Crippen LogP contribution in [-0.4, -0.2) is 17.2 Å². The van der Waals surface area contributed by atoms with Crippen LogP contribution in [-0.2, 0) is 0 Å². The maximum Gasteiger partial charge on any atom is 0.339 e. The standard InChI is InChI=1S/C15H20O3/c1-10-7-11(2)9-12(8-10)18-14-6-4-3-5-13(14)15(16)17/h3-6,10-12H,7-9H2,1-2H3,(H,16,17). The van der Waals surface area contributed by atoms with Crippen LogP contribution in [0, 0.1) is 11.8 Å². The molecule has 1 aromatic carbocycles. The second-order valence-corrected chi connectivity index (χ2v) is 5.46. The van der Waals surface area contributed by atoms with Crippen molar-refractivity contribution in [1.29, 1.82) is 0 Å². The molecule has 0 heterocycles. The Kier molecular flexibility index (Phi) is 3.90. The highest BCUT2D eigenvalue weighted by Crippen LogP contribution is 2.32. The Bertz CT molecular complexity index is 418. The lowest BCUT2D eigenvalue weighted by Gasteiger charge is -2.32. The van der Waals surface area contributed by atoms with Gasteiger partial charge in [-0.2, -0.15) is 0 Å². The third-order valence-electron chi connectivity index (χ3n) is 3.55. The third kappa shape index (κ3) is 3.03. The molecule has 3 heteroatoms. The van der Waals surface area contributed by atoms with Crippen molar-refractivity contribution < 1.29 is 14.6 Å². The van der Waals surface area contributed by atoms with E-state index >= 15 is 0 Å². The second kappa shape index (κ2) is 5.42. The van der Waals surface area contributed by atoms with Gasteiger partial charge in [0.05, 0.1) is 6.10 Å². The van der Waals surface area contributed by atoms with Crippen LogP contribution in [0.4, 0.5) is 0 Å². The normalized spacial score (nSPS) is 27.8. The Morgan fingerprint density at radius 2 is 1.78 bits per heavy atom. The molecular formula is C15H20O3. The molecule has 0 spiro atoms. The summed E-state index contributed by atoms with van der Waals surface area (Å²) in [5, 5.41) is 9.12. The number of carboxylic acid groups (broad SMARTS) is 1. The van der Waals surface area contributed by atoms with Crippen molar-refractivity contribution in [3.05, 3.63) is 29.8 Å². The average Bonchev–Trinajstić information content (AvgIpc) is 2.27. The molecule has 0 radical (unpaired) electrons. The molecule has 1 saturated carbocycles. The topological polar surface area (TPSA) is 46.5 Å². The molecule has 0 aliphatic heterocycles. The van der Waals surface area contributed by atoms with E-state index in [1.54, 1.807) is 18.2 Å². The molecule has 0 amide bonds. The van der Waals surface area contributed by atoms with Crippen molar-refractivity contribution >= 4 is 5.97 Å². The van der Waals surface area contributed by atoms with Crippen molar-refractivity contribution in [1.82, 2.24) is 0 Å². The summed E-state index contributed by atoms with van der Waals surface area (Å²) in [5.74, 6) is 0.866. The number of para-hydroxylation sites is 1. The van der Waals surface area contributed by atoms with Gasteiger partial charge in [-0.25, -0.2) is 4.79 Å². The molecule has 1 fully saturated rings. The van der Waals surface area contributed by atoms with Crippen molar-refractivity contribution in [2.45, 2.75) is 39.2 Å². The molecule has 98 valence electrons. The SMILES string of the molecule is CC1CC(C)CC(Oc2ccccc2C(=O)O)C1. The molecule has 0 bridgehead atoms. The van der Waals surface area contributed by atoms with E-state index in [-0.39, 0.29) is 11.7 Å². The van der Waals surface area contributed by atoms with Gasteiger partial charge >= 0.3 is 5.97 Å². The number of hydrogen-bond donors (Lipinski definition) is 1. The number of carboxylic acids is 1. The van der Waals surface area contributed by atoms with Gasteiger partial charge in [-0.15, -0.1) is 0 Å². The summed E-state index contributed by atoms with van der Waals surface area (Å²) in [6.45, 7) is 4.46. The zero-order chi connectivity index (χ0) is 13.1. The summed E-state index contributed by atoms with van der Waals surface area (Å²) in [6.07, 6.45) is 3.40. The number of aromatic carboxylic acids is 1. The lowest BCUT2D eigenvalue weighted by atomic mass is 9.82. The maximum absolute atomic E-state index is 11.1. The first-order valence-corrected chi connectivity index (χ1v) is 6.55. The summed E-state index contributed by atoms with van der Waals surface area (Å²) in [7, 11) is 0. The highest BCUT2D eigenvalue weighted by atomic mass is 16.5. The molecule has 1 aromatic rings. The van der Waals surface area contributed by atoms with Crippen molar-refractivity contribution in [2.24, 2.45) is 11.8 Å². The number of hydrogen-bond acceptors (Lipinski definition) is 2. The summed E-state index contributed by atoms with van der Waals surface area (Å²) in [4.78, 5) is 11.1. The van der Waals surface area contributed by atoms with Crippen LogP contribution in [0.15, 0.2) is 24.3 Å². The van der Waals surface area contributed by atoms with Gasteiger partial charge in [-0.05, 0) is 43.2 Å². The first-order valence-electron chi connectivity index (χ1n) is 6.55. The second-order valence-electron chi connectivity index (χ2n) is 5.46. The Morgan fingerprint density at radius 3 is 2.39 bits per heavy atom.